The van der Waals surface area contributed by atoms with Crippen LogP contribution in [0.15, 0.2) is 24.3 Å². The van der Waals surface area contributed by atoms with Crippen LogP contribution in [0.1, 0.15) is 12.5 Å². The largest absolute Gasteiger partial charge is 0.497 e. The van der Waals surface area contributed by atoms with Gasteiger partial charge >= 0.3 is 0 Å². The lowest BCUT2D eigenvalue weighted by Gasteiger charge is -2.29. The first-order chi connectivity index (χ1) is 9.20. The van der Waals surface area contributed by atoms with Crippen molar-refractivity contribution in [2.75, 3.05) is 33.3 Å². The molecule has 1 N–H and O–H groups in total. The number of nitrogens with zero attached hydrogens (tertiary/aromatic N) is 1. The van der Waals surface area contributed by atoms with E-state index in [2.05, 4.69) is 5.32 Å². The van der Waals surface area contributed by atoms with E-state index in [1.165, 1.54) is 5.56 Å². The van der Waals surface area contributed by atoms with Crippen LogP contribution in [0.3, 0.4) is 0 Å². The van der Waals surface area contributed by atoms with Crippen molar-refractivity contribution in [2.24, 2.45) is 5.92 Å². The number of halogens is 1. The minimum Gasteiger partial charge on any atom is -0.497 e. The molecule has 112 valence electrons. The van der Waals surface area contributed by atoms with Gasteiger partial charge in [0.05, 0.1) is 7.11 Å². The minimum absolute atomic E-state index is 0. The van der Waals surface area contributed by atoms with Crippen LogP contribution < -0.4 is 10.1 Å². The topological polar surface area (TPSA) is 41.6 Å². The third-order valence-corrected chi connectivity index (χ3v) is 3.55. The van der Waals surface area contributed by atoms with Gasteiger partial charge in [-0.2, -0.15) is 0 Å². The Hall–Kier alpha value is -1.26. The van der Waals surface area contributed by atoms with Crippen molar-refractivity contribution in [1.29, 1.82) is 0 Å². The number of piperazine rings is 1. The maximum Gasteiger partial charge on any atom is 0.225 e. The lowest BCUT2D eigenvalue weighted by molar-refractivity contribution is -0.135. The lowest BCUT2D eigenvalue weighted by atomic mass is 9.99. The van der Waals surface area contributed by atoms with Crippen LogP contribution in [0.5, 0.6) is 5.75 Å². The van der Waals surface area contributed by atoms with Crippen LogP contribution in [0, 0.1) is 5.92 Å². The van der Waals surface area contributed by atoms with E-state index in [9.17, 15) is 4.79 Å². The van der Waals surface area contributed by atoms with Gasteiger partial charge < -0.3 is 15.0 Å². The van der Waals surface area contributed by atoms with Crippen molar-refractivity contribution in [3.63, 3.8) is 0 Å². The second-order valence-corrected chi connectivity index (χ2v) is 5.03. The first-order valence-corrected chi connectivity index (χ1v) is 6.83. The molecular formula is C15H23ClN2O2. The molecule has 1 aliphatic heterocycles. The summed E-state index contributed by atoms with van der Waals surface area (Å²) in [5.74, 6) is 1.15. The summed E-state index contributed by atoms with van der Waals surface area (Å²) >= 11 is 0. The third-order valence-electron chi connectivity index (χ3n) is 3.55. The summed E-state index contributed by atoms with van der Waals surface area (Å²) in [4.78, 5) is 14.3. The smallest absolute Gasteiger partial charge is 0.225 e. The standard InChI is InChI=1S/C15H22N2O2.ClH/c1-12(15(18)17-9-7-16-8-10-17)11-13-3-5-14(19-2)6-4-13;/h3-6,12,16H,7-11H2,1-2H3;1H. The summed E-state index contributed by atoms with van der Waals surface area (Å²) in [5, 5.41) is 3.26. The quantitative estimate of drug-likeness (QED) is 0.920. The molecule has 1 unspecified atom stereocenters. The Bertz CT molecular complexity index is 416. The number of hydrogen-bond donors (Lipinski definition) is 1. The molecule has 0 aliphatic carbocycles. The van der Waals surface area contributed by atoms with E-state index in [1.807, 2.05) is 36.1 Å². The molecule has 1 aromatic carbocycles. The van der Waals surface area contributed by atoms with E-state index in [4.69, 9.17) is 4.74 Å². The van der Waals surface area contributed by atoms with Crippen LogP contribution in [-0.2, 0) is 11.2 Å². The molecule has 0 radical (unpaired) electrons. The number of carbonyl (C=O) groups excluding carboxylic acids is 1. The lowest BCUT2D eigenvalue weighted by Crippen LogP contribution is -2.48. The van der Waals surface area contributed by atoms with Crippen molar-refractivity contribution in [3.05, 3.63) is 29.8 Å². The fourth-order valence-electron chi connectivity index (χ4n) is 2.40. The molecular weight excluding hydrogens is 276 g/mol. The first kappa shape index (κ1) is 16.8. The average molecular weight is 299 g/mol. The maximum atomic E-state index is 12.3. The average Bonchev–Trinajstić information content (AvgIpc) is 2.48. The molecule has 0 aromatic heterocycles. The van der Waals surface area contributed by atoms with Crippen LogP contribution in [-0.4, -0.2) is 44.1 Å². The number of methoxy groups -OCH3 is 1. The zero-order chi connectivity index (χ0) is 13.7. The molecule has 1 fully saturated rings. The van der Waals surface area contributed by atoms with E-state index in [-0.39, 0.29) is 24.2 Å². The Labute approximate surface area is 126 Å². The molecule has 1 aliphatic rings. The Morgan fingerprint density at radius 2 is 1.90 bits per heavy atom. The summed E-state index contributed by atoms with van der Waals surface area (Å²) in [7, 11) is 1.66. The SMILES string of the molecule is COc1ccc(CC(C)C(=O)N2CCNCC2)cc1.Cl. The number of carbonyl (C=O) groups is 1. The van der Waals surface area contributed by atoms with Gasteiger partial charge in [-0.3, -0.25) is 4.79 Å². The van der Waals surface area contributed by atoms with Crippen LogP contribution in [0.2, 0.25) is 0 Å². The summed E-state index contributed by atoms with van der Waals surface area (Å²) in [6, 6.07) is 7.94. The highest BCUT2D eigenvalue weighted by molar-refractivity contribution is 5.85. The highest BCUT2D eigenvalue weighted by atomic mass is 35.5. The van der Waals surface area contributed by atoms with Crippen molar-refractivity contribution < 1.29 is 9.53 Å². The second-order valence-electron chi connectivity index (χ2n) is 5.03. The Morgan fingerprint density at radius 1 is 1.30 bits per heavy atom. The molecule has 2 rings (SSSR count). The molecule has 5 heteroatoms. The monoisotopic (exact) mass is 298 g/mol. The van der Waals surface area contributed by atoms with E-state index in [1.54, 1.807) is 7.11 Å². The van der Waals surface area contributed by atoms with Crippen molar-refractivity contribution in [2.45, 2.75) is 13.3 Å². The minimum atomic E-state index is 0. The highest BCUT2D eigenvalue weighted by Gasteiger charge is 2.21. The number of amides is 1. The number of hydrogen-bond acceptors (Lipinski definition) is 3. The Balaban J connectivity index is 0.00000200. The summed E-state index contributed by atoms with van der Waals surface area (Å²) in [5.41, 5.74) is 1.18. The van der Waals surface area contributed by atoms with E-state index < -0.39 is 0 Å². The zero-order valence-corrected chi connectivity index (χ0v) is 12.9. The van der Waals surface area contributed by atoms with Crippen molar-refractivity contribution >= 4 is 18.3 Å². The van der Waals surface area contributed by atoms with Gasteiger partial charge in [-0.1, -0.05) is 19.1 Å². The van der Waals surface area contributed by atoms with Gasteiger partial charge in [-0.15, -0.1) is 12.4 Å². The van der Waals surface area contributed by atoms with Gasteiger partial charge in [0.2, 0.25) is 5.91 Å². The Kier molecular flexibility index (Phi) is 6.82. The third kappa shape index (κ3) is 4.39. The zero-order valence-electron chi connectivity index (χ0n) is 12.1. The molecule has 0 saturated carbocycles. The molecule has 4 nitrogen and oxygen atoms in total. The summed E-state index contributed by atoms with van der Waals surface area (Å²) < 4.78 is 5.13. The molecule has 1 heterocycles. The fraction of sp³-hybridized carbons (Fsp3) is 0.533. The van der Waals surface area contributed by atoms with Crippen LogP contribution in [0.4, 0.5) is 0 Å². The normalized spacial score (nSPS) is 16.2. The summed E-state index contributed by atoms with van der Waals surface area (Å²) in [6.07, 6.45) is 0.784. The van der Waals surface area contributed by atoms with Gasteiger partial charge in [0.15, 0.2) is 0 Å². The van der Waals surface area contributed by atoms with Gasteiger partial charge in [0.25, 0.3) is 0 Å². The van der Waals surface area contributed by atoms with Gasteiger partial charge in [-0.25, -0.2) is 0 Å². The van der Waals surface area contributed by atoms with Crippen molar-refractivity contribution in [1.82, 2.24) is 10.2 Å². The second kappa shape index (κ2) is 8.12. The predicted molar refractivity (Wildman–Crippen MR) is 82.6 cm³/mol. The van der Waals surface area contributed by atoms with Gasteiger partial charge in [0.1, 0.15) is 5.75 Å². The van der Waals surface area contributed by atoms with Crippen LogP contribution in [0.25, 0.3) is 0 Å². The molecule has 1 saturated heterocycles. The highest BCUT2D eigenvalue weighted by Crippen LogP contribution is 2.16. The molecule has 0 spiro atoms. The number of benzene rings is 1. The number of rotatable bonds is 4. The molecule has 1 aromatic rings. The van der Waals surface area contributed by atoms with Crippen molar-refractivity contribution in [3.8, 4) is 5.75 Å². The predicted octanol–water partition coefficient (Wildman–Crippen LogP) is 1.73. The fourth-order valence-corrected chi connectivity index (χ4v) is 2.40. The number of ether oxygens (including phenoxy) is 1. The van der Waals surface area contributed by atoms with E-state index in [0.717, 1.165) is 38.3 Å². The van der Waals surface area contributed by atoms with E-state index >= 15 is 0 Å². The van der Waals surface area contributed by atoms with Gasteiger partial charge in [0, 0.05) is 32.1 Å². The molecule has 1 amide bonds. The number of nitrogens with one attached hydrogen (secondary N) is 1. The summed E-state index contributed by atoms with van der Waals surface area (Å²) in [6.45, 7) is 5.47. The Morgan fingerprint density at radius 3 is 2.45 bits per heavy atom. The molecule has 20 heavy (non-hydrogen) atoms. The molecule has 1 atom stereocenters. The van der Waals surface area contributed by atoms with Crippen LogP contribution >= 0.6 is 12.4 Å². The van der Waals surface area contributed by atoms with Gasteiger partial charge in [-0.05, 0) is 24.1 Å². The molecule has 0 bridgehead atoms. The maximum absolute atomic E-state index is 12.3. The van der Waals surface area contributed by atoms with E-state index in [0.29, 0.717) is 0 Å². The first-order valence-electron chi connectivity index (χ1n) is 6.83.